The lowest BCUT2D eigenvalue weighted by Crippen LogP contribution is -2.61. The highest BCUT2D eigenvalue weighted by atomic mass is 14.9. The van der Waals surface area contributed by atoms with Crippen LogP contribution in [0.5, 0.6) is 0 Å². The lowest BCUT2D eigenvalue weighted by Gasteiger charge is -2.48. The molecule has 0 bridgehead atoms. The highest BCUT2D eigenvalue weighted by Gasteiger charge is 2.43. The fraction of sp³-hybridized carbons (Fsp3) is 1.00. The fourth-order valence-electron chi connectivity index (χ4n) is 0.996. The molecule has 0 aliphatic heterocycles. The molecule has 2 heteroatoms. The minimum absolute atomic E-state index is 0.194. The maximum atomic E-state index is 5.67. The van der Waals surface area contributed by atoms with E-state index in [2.05, 4.69) is 13.8 Å². The molecule has 4 N–H and O–H groups in total. The number of nitrogens with two attached hydrogens (primary N) is 2. The summed E-state index contributed by atoms with van der Waals surface area (Å²) in [5.74, 6) is 0. The van der Waals surface area contributed by atoms with Gasteiger partial charge in [-0.3, -0.25) is 0 Å². The van der Waals surface area contributed by atoms with Gasteiger partial charge in [0.25, 0.3) is 0 Å². The van der Waals surface area contributed by atoms with Crippen LogP contribution in [-0.4, -0.2) is 12.1 Å². The largest absolute Gasteiger partial charge is 0.327 e. The van der Waals surface area contributed by atoms with Crippen LogP contribution in [0.3, 0.4) is 0 Å². The molecule has 48 valence electrons. The summed E-state index contributed by atoms with van der Waals surface area (Å²) in [6.45, 7) is 4.23. The second-order valence-electron chi connectivity index (χ2n) is 3.27. The third-order valence-corrected chi connectivity index (χ3v) is 2.42. The molecule has 1 saturated carbocycles. The molecule has 0 aromatic rings. The molecule has 1 rings (SSSR count). The fourth-order valence-corrected chi connectivity index (χ4v) is 0.996. The van der Waals surface area contributed by atoms with Crippen molar-refractivity contribution in [3.63, 3.8) is 0 Å². The summed E-state index contributed by atoms with van der Waals surface area (Å²) in [4.78, 5) is 0. The molecule has 1 aliphatic carbocycles. The SMILES string of the molecule is CC1(C)C(N)CC1N. The molecule has 0 amide bonds. The smallest absolute Gasteiger partial charge is 0.0120 e. The monoisotopic (exact) mass is 114 g/mol. The minimum Gasteiger partial charge on any atom is -0.327 e. The summed E-state index contributed by atoms with van der Waals surface area (Å²) in [6, 6.07) is 0.662. The van der Waals surface area contributed by atoms with Crippen LogP contribution < -0.4 is 11.5 Å². The predicted octanol–water partition coefficient (Wildman–Crippen LogP) is 0.0709. The molecule has 1 aliphatic rings. The number of rotatable bonds is 0. The van der Waals surface area contributed by atoms with Gasteiger partial charge in [0.15, 0.2) is 0 Å². The summed E-state index contributed by atoms with van der Waals surface area (Å²) in [5, 5.41) is 0. The lowest BCUT2D eigenvalue weighted by atomic mass is 9.64. The summed E-state index contributed by atoms with van der Waals surface area (Å²) in [6.07, 6.45) is 0.993. The summed E-state index contributed by atoms with van der Waals surface area (Å²) < 4.78 is 0. The Kier molecular flexibility index (Phi) is 1.10. The van der Waals surface area contributed by atoms with Crippen LogP contribution in [0, 0.1) is 5.41 Å². The standard InChI is InChI=1S/C6H14N2/c1-6(2)4(7)3-5(6)8/h4-5H,3,7-8H2,1-2H3. The number of hydrogen-bond donors (Lipinski definition) is 2. The van der Waals surface area contributed by atoms with E-state index in [0.29, 0.717) is 12.1 Å². The van der Waals surface area contributed by atoms with Crippen molar-refractivity contribution in [1.82, 2.24) is 0 Å². The van der Waals surface area contributed by atoms with Crippen LogP contribution in [0.25, 0.3) is 0 Å². The maximum Gasteiger partial charge on any atom is 0.0120 e. The van der Waals surface area contributed by atoms with Gasteiger partial charge in [0.2, 0.25) is 0 Å². The first-order chi connectivity index (χ1) is 3.55. The van der Waals surface area contributed by atoms with E-state index in [1.54, 1.807) is 0 Å². The zero-order chi connectivity index (χ0) is 6.36. The molecular weight excluding hydrogens is 100 g/mol. The molecule has 0 spiro atoms. The molecule has 8 heavy (non-hydrogen) atoms. The van der Waals surface area contributed by atoms with Crippen molar-refractivity contribution < 1.29 is 0 Å². The summed E-state index contributed by atoms with van der Waals surface area (Å²) >= 11 is 0. The second kappa shape index (κ2) is 1.45. The van der Waals surface area contributed by atoms with Gasteiger partial charge in [0.1, 0.15) is 0 Å². The van der Waals surface area contributed by atoms with Gasteiger partial charge in [0.05, 0.1) is 0 Å². The van der Waals surface area contributed by atoms with E-state index in [1.165, 1.54) is 0 Å². The Morgan fingerprint density at radius 1 is 1.25 bits per heavy atom. The molecule has 2 atom stereocenters. The van der Waals surface area contributed by atoms with E-state index in [0.717, 1.165) is 6.42 Å². The van der Waals surface area contributed by atoms with Gasteiger partial charge in [-0.1, -0.05) is 13.8 Å². The Morgan fingerprint density at radius 3 is 1.62 bits per heavy atom. The Bertz CT molecular complexity index is 88.7. The molecular formula is C6H14N2. The first kappa shape index (κ1) is 6.05. The normalized spacial score (nSPS) is 43.5. The van der Waals surface area contributed by atoms with E-state index in [9.17, 15) is 0 Å². The molecule has 0 aromatic heterocycles. The minimum atomic E-state index is 0.194. The average molecular weight is 114 g/mol. The molecule has 2 nitrogen and oxygen atoms in total. The van der Waals surface area contributed by atoms with Crippen LogP contribution in [0.15, 0.2) is 0 Å². The van der Waals surface area contributed by atoms with Crippen molar-refractivity contribution in [2.45, 2.75) is 32.4 Å². The average Bonchev–Trinajstić information content (AvgIpc) is 1.68. The van der Waals surface area contributed by atoms with E-state index < -0.39 is 0 Å². The van der Waals surface area contributed by atoms with Gasteiger partial charge in [-0.2, -0.15) is 0 Å². The molecule has 0 aromatic carbocycles. The third-order valence-electron chi connectivity index (χ3n) is 2.42. The summed E-state index contributed by atoms with van der Waals surface area (Å²) in [5.41, 5.74) is 11.5. The van der Waals surface area contributed by atoms with E-state index in [-0.39, 0.29) is 5.41 Å². The zero-order valence-corrected chi connectivity index (χ0v) is 5.52. The predicted molar refractivity (Wildman–Crippen MR) is 34.3 cm³/mol. The van der Waals surface area contributed by atoms with Gasteiger partial charge in [-0.05, 0) is 11.8 Å². The molecule has 0 heterocycles. The maximum absolute atomic E-state index is 5.67. The van der Waals surface area contributed by atoms with Gasteiger partial charge in [-0.15, -0.1) is 0 Å². The van der Waals surface area contributed by atoms with Crippen molar-refractivity contribution in [3.8, 4) is 0 Å². The molecule has 2 unspecified atom stereocenters. The lowest BCUT2D eigenvalue weighted by molar-refractivity contribution is 0.103. The summed E-state index contributed by atoms with van der Waals surface area (Å²) in [7, 11) is 0. The number of hydrogen-bond acceptors (Lipinski definition) is 2. The van der Waals surface area contributed by atoms with Gasteiger partial charge in [-0.25, -0.2) is 0 Å². The van der Waals surface area contributed by atoms with Crippen molar-refractivity contribution >= 4 is 0 Å². The van der Waals surface area contributed by atoms with E-state index in [1.807, 2.05) is 0 Å². The van der Waals surface area contributed by atoms with Crippen LogP contribution in [-0.2, 0) is 0 Å². The topological polar surface area (TPSA) is 52.0 Å². The molecule has 0 radical (unpaired) electrons. The Balaban J connectivity index is 2.52. The van der Waals surface area contributed by atoms with Crippen LogP contribution in [0.2, 0.25) is 0 Å². The van der Waals surface area contributed by atoms with Crippen molar-refractivity contribution in [3.05, 3.63) is 0 Å². The van der Waals surface area contributed by atoms with Gasteiger partial charge >= 0.3 is 0 Å². The second-order valence-corrected chi connectivity index (χ2v) is 3.27. The van der Waals surface area contributed by atoms with Crippen LogP contribution in [0.4, 0.5) is 0 Å². The van der Waals surface area contributed by atoms with Crippen LogP contribution >= 0.6 is 0 Å². The van der Waals surface area contributed by atoms with E-state index >= 15 is 0 Å². The third kappa shape index (κ3) is 0.565. The molecule has 1 fully saturated rings. The quantitative estimate of drug-likeness (QED) is 0.468. The Labute approximate surface area is 50.2 Å². The van der Waals surface area contributed by atoms with Crippen molar-refractivity contribution in [1.29, 1.82) is 0 Å². The van der Waals surface area contributed by atoms with Gasteiger partial charge < -0.3 is 11.5 Å². The molecule has 0 saturated heterocycles. The van der Waals surface area contributed by atoms with Crippen LogP contribution in [0.1, 0.15) is 20.3 Å². The highest BCUT2D eigenvalue weighted by molar-refractivity contribution is 5.02. The van der Waals surface area contributed by atoms with E-state index in [4.69, 9.17) is 11.5 Å². The first-order valence-corrected chi connectivity index (χ1v) is 3.06. The van der Waals surface area contributed by atoms with Crippen molar-refractivity contribution in [2.24, 2.45) is 16.9 Å². The highest BCUT2D eigenvalue weighted by Crippen LogP contribution is 2.37. The van der Waals surface area contributed by atoms with Crippen molar-refractivity contribution in [2.75, 3.05) is 0 Å². The Morgan fingerprint density at radius 2 is 1.62 bits per heavy atom. The first-order valence-electron chi connectivity index (χ1n) is 3.06. The van der Waals surface area contributed by atoms with Gasteiger partial charge in [0, 0.05) is 12.1 Å². The zero-order valence-electron chi connectivity index (χ0n) is 5.52. The Hall–Kier alpha value is -0.0800.